The number of pyridine rings is 1. The standard InChI is InChI=1S/C19H19N3O2S/c1-13-7-14(2)9-17(8-13)24-11-18(23)21-10-16-12-25-19(22-16)15-3-5-20-6-4-15/h3-9,12H,10-11H2,1-2H3,(H,21,23). The van der Waals surface area contributed by atoms with Gasteiger partial charge in [0.15, 0.2) is 6.61 Å². The molecule has 6 heteroatoms. The van der Waals surface area contributed by atoms with Crippen molar-refractivity contribution in [1.82, 2.24) is 15.3 Å². The molecule has 0 atom stereocenters. The zero-order chi connectivity index (χ0) is 17.6. The van der Waals surface area contributed by atoms with Gasteiger partial charge in [-0.3, -0.25) is 9.78 Å². The molecule has 25 heavy (non-hydrogen) atoms. The second-order valence-electron chi connectivity index (χ2n) is 5.77. The number of nitrogens with zero attached hydrogens (tertiary/aromatic N) is 2. The Balaban J connectivity index is 1.50. The normalized spacial score (nSPS) is 10.5. The van der Waals surface area contributed by atoms with Gasteiger partial charge in [0.25, 0.3) is 5.91 Å². The number of hydrogen-bond donors (Lipinski definition) is 1. The highest BCUT2D eigenvalue weighted by atomic mass is 32.1. The Kier molecular flexibility index (Phi) is 5.40. The molecule has 0 fully saturated rings. The lowest BCUT2D eigenvalue weighted by molar-refractivity contribution is -0.123. The first-order valence-corrected chi connectivity index (χ1v) is 8.81. The van der Waals surface area contributed by atoms with Crippen LogP contribution < -0.4 is 10.1 Å². The summed E-state index contributed by atoms with van der Waals surface area (Å²) in [7, 11) is 0. The average molecular weight is 353 g/mol. The quantitative estimate of drug-likeness (QED) is 0.736. The summed E-state index contributed by atoms with van der Waals surface area (Å²) < 4.78 is 5.56. The molecule has 0 spiro atoms. The van der Waals surface area contributed by atoms with Gasteiger partial charge in [0.05, 0.1) is 12.2 Å². The van der Waals surface area contributed by atoms with Gasteiger partial charge in [-0.2, -0.15) is 0 Å². The number of carbonyl (C=O) groups is 1. The number of benzene rings is 1. The molecule has 1 aromatic carbocycles. The number of amides is 1. The minimum absolute atomic E-state index is 0.00968. The monoisotopic (exact) mass is 353 g/mol. The minimum atomic E-state index is -0.169. The van der Waals surface area contributed by atoms with E-state index in [1.165, 1.54) is 0 Å². The van der Waals surface area contributed by atoms with Gasteiger partial charge < -0.3 is 10.1 Å². The molecule has 0 aliphatic heterocycles. The Morgan fingerprint density at radius 3 is 2.60 bits per heavy atom. The number of thiazole rings is 1. The van der Waals surface area contributed by atoms with Crippen molar-refractivity contribution in [3.05, 3.63) is 64.9 Å². The first-order chi connectivity index (χ1) is 12.1. The van der Waals surface area contributed by atoms with Crippen LogP contribution in [0.25, 0.3) is 10.6 Å². The zero-order valence-corrected chi connectivity index (χ0v) is 15.0. The van der Waals surface area contributed by atoms with E-state index in [4.69, 9.17) is 4.74 Å². The van der Waals surface area contributed by atoms with E-state index in [1.807, 2.05) is 43.5 Å². The largest absolute Gasteiger partial charge is 0.484 e. The molecule has 1 amide bonds. The van der Waals surface area contributed by atoms with Crippen molar-refractivity contribution in [2.45, 2.75) is 20.4 Å². The van der Waals surface area contributed by atoms with E-state index in [9.17, 15) is 4.79 Å². The molecule has 0 aliphatic rings. The number of aryl methyl sites for hydroxylation is 2. The molecule has 0 radical (unpaired) electrons. The number of hydrogen-bond acceptors (Lipinski definition) is 5. The van der Waals surface area contributed by atoms with Crippen molar-refractivity contribution in [3.8, 4) is 16.3 Å². The number of carbonyl (C=O) groups excluding carboxylic acids is 1. The fourth-order valence-electron chi connectivity index (χ4n) is 2.42. The highest BCUT2D eigenvalue weighted by Gasteiger charge is 2.07. The van der Waals surface area contributed by atoms with Crippen LogP contribution in [-0.2, 0) is 11.3 Å². The van der Waals surface area contributed by atoms with Crippen molar-refractivity contribution in [1.29, 1.82) is 0 Å². The van der Waals surface area contributed by atoms with Gasteiger partial charge >= 0.3 is 0 Å². The molecule has 3 rings (SSSR count). The Bertz CT molecular complexity index is 842. The van der Waals surface area contributed by atoms with Gasteiger partial charge in [0.2, 0.25) is 0 Å². The number of aromatic nitrogens is 2. The molecule has 0 aliphatic carbocycles. The number of nitrogens with one attached hydrogen (secondary N) is 1. The summed E-state index contributed by atoms with van der Waals surface area (Å²) in [5, 5.41) is 5.69. The van der Waals surface area contributed by atoms with Gasteiger partial charge in [0.1, 0.15) is 10.8 Å². The summed E-state index contributed by atoms with van der Waals surface area (Å²) in [5.74, 6) is 0.541. The zero-order valence-electron chi connectivity index (χ0n) is 14.2. The minimum Gasteiger partial charge on any atom is -0.484 e. The summed E-state index contributed by atoms with van der Waals surface area (Å²) in [4.78, 5) is 20.5. The molecule has 128 valence electrons. The molecule has 0 unspecified atom stereocenters. The number of rotatable bonds is 6. The molecule has 1 N–H and O–H groups in total. The molecule has 0 saturated heterocycles. The fraction of sp³-hybridized carbons (Fsp3) is 0.211. The highest BCUT2D eigenvalue weighted by Crippen LogP contribution is 2.22. The molecule has 0 saturated carbocycles. The molecular weight excluding hydrogens is 334 g/mol. The van der Waals surface area contributed by atoms with Crippen molar-refractivity contribution >= 4 is 17.2 Å². The van der Waals surface area contributed by atoms with Crippen LogP contribution in [0.2, 0.25) is 0 Å². The van der Waals surface area contributed by atoms with E-state index in [2.05, 4.69) is 21.4 Å². The molecule has 3 aromatic rings. The van der Waals surface area contributed by atoms with Crippen LogP contribution in [0.4, 0.5) is 0 Å². The van der Waals surface area contributed by atoms with Crippen LogP contribution >= 0.6 is 11.3 Å². The van der Waals surface area contributed by atoms with Crippen LogP contribution in [0.15, 0.2) is 48.1 Å². The smallest absolute Gasteiger partial charge is 0.258 e. The predicted octanol–water partition coefficient (Wildman–Crippen LogP) is 3.52. The third kappa shape index (κ3) is 4.87. The van der Waals surface area contributed by atoms with E-state index >= 15 is 0 Å². The fourth-order valence-corrected chi connectivity index (χ4v) is 3.25. The van der Waals surface area contributed by atoms with Gasteiger partial charge in [-0.15, -0.1) is 11.3 Å². The van der Waals surface area contributed by atoms with Crippen molar-refractivity contribution in [2.75, 3.05) is 6.61 Å². The SMILES string of the molecule is Cc1cc(C)cc(OCC(=O)NCc2csc(-c3ccncc3)n2)c1. The maximum atomic E-state index is 12.0. The summed E-state index contributed by atoms with van der Waals surface area (Å²) in [6.45, 7) is 4.38. The maximum absolute atomic E-state index is 12.0. The second kappa shape index (κ2) is 7.90. The maximum Gasteiger partial charge on any atom is 0.258 e. The van der Waals surface area contributed by atoms with Crippen LogP contribution in [0.1, 0.15) is 16.8 Å². The lowest BCUT2D eigenvalue weighted by Gasteiger charge is -2.08. The lowest BCUT2D eigenvalue weighted by atomic mass is 10.1. The van der Waals surface area contributed by atoms with Crippen LogP contribution in [0, 0.1) is 13.8 Å². The Morgan fingerprint density at radius 2 is 1.88 bits per heavy atom. The van der Waals surface area contributed by atoms with E-state index in [1.54, 1.807) is 23.7 Å². The first kappa shape index (κ1) is 17.1. The molecule has 0 bridgehead atoms. The summed E-state index contributed by atoms with van der Waals surface area (Å²) in [6.07, 6.45) is 3.48. The van der Waals surface area contributed by atoms with E-state index in [-0.39, 0.29) is 12.5 Å². The third-order valence-corrected chi connectivity index (χ3v) is 4.45. The van der Waals surface area contributed by atoms with Gasteiger partial charge in [-0.1, -0.05) is 6.07 Å². The van der Waals surface area contributed by atoms with E-state index < -0.39 is 0 Å². The summed E-state index contributed by atoms with van der Waals surface area (Å²) >= 11 is 1.55. The summed E-state index contributed by atoms with van der Waals surface area (Å²) in [6, 6.07) is 9.73. The Labute approximate surface area is 150 Å². The lowest BCUT2D eigenvalue weighted by Crippen LogP contribution is -2.28. The van der Waals surface area contributed by atoms with Crippen molar-refractivity contribution < 1.29 is 9.53 Å². The van der Waals surface area contributed by atoms with Gasteiger partial charge in [-0.25, -0.2) is 4.98 Å². The van der Waals surface area contributed by atoms with Gasteiger partial charge in [0, 0.05) is 23.3 Å². The third-order valence-electron chi connectivity index (χ3n) is 3.51. The van der Waals surface area contributed by atoms with Crippen LogP contribution in [-0.4, -0.2) is 22.5 Å². The van der Waals surface area contributed by atoms with Crippen molar-refractivity contribution in [3.63, 3.8) is 0 Å². The molecule has 2 heterocycles. The second-order valence-corrected chi connectivity index (χ2v) is 6.63. The molecule has 5 nitrogen and oxygen atoms in total. The van der Waals surface area contributed by atoms with E-state index in [0.717, 1.165) is 27.4 Å². The predicted molar refractivity (Wildman–Crippen MR) is 98.6 cm³/mol. The van der Waals surface area contributed by atoms with E-state index in [0.29, 0.717) is 12.3 Å². The van der Waals surface area contributed by atoms with Crippen LogP contribution in [0.5, 0.6) is 5.75 Å². The Morgan fingerprint density at radius 1 is 1.16 bits per heavy atom. The average Bonchev–Trinajstić information content (AvgIpc) is 3.07. The first-order valence-electron chi connectivity index (χ1n) is 7.93. The van der Waals surface area contributed by atoms with Crippen LogP contribution in [0.3, 0.4) is 0 Å². The number of ether oxygens (including phenoxy) is 1. The highest BCUT2D eigenvalue weighted by molar-refractivity contribution is 7.13. The van der Waals surface area contributed by atoms with Gasteiger partial charge in [-0.05, 0) is 49.2 Å². The van der Waals surface area contributed by atoms with Crippen molar-refractivity contribution in [2.24, 2.45) is 0 Å². The Hall–Kier alpha value is -2.73. The molecular formula is C19H19N3O2S. The topological polar surface area (TPSA) is 64.1 Å². The molecule has 2 aromatic heterocycles. The summed E-state index contributed by atoms with van der Waals surface area (Å²) in [5.41, 5.74) is 4.08.